The lowest BCUT2D eigenvalue weighted by Gasteiger charge is -2.30. The number of piperidine rings is 1. The summed E-state index contributed by atoms with van der Waals surface area (Å²) in [6.45, 7) is 2.66. The number of hydrogen-bond donors (Lipinski definition) is 3. The van der Waals surface area contributed by atoms with Crippen molar-refractivity contribution < 1.29 is 55.1 Å². The highest BCUT2D eigenvalue weighted by atomic mass is 35.5. The van der Waals surface area contributed by atoms with Crippen molar-refractivity contribution in [1.82, 2.24) is 20.9 Å². The molecule has 12 aromatic carbocycles. The molecule has 16 rings (SSSR count). The molecule has 24 heteroatoms. The molecule has 16 nitrogen and oxygen atoms in total. The smallest absolute Gasteiger partial charge is 0.251 e. The van der Waals surface area contributed by atoms with Gasteiger partial charge in [0.1, 0.15) is 40.8 Å². The number of alkyl halides is 2. The molecule has 12 aromatic rings. The third-order valence-corrected chi connectivity index (χ3v) is 20.2. The van der Waals surface area contributed by atoms with Crippen LogP contribution in [-0.2, 0) is 34.0 Å². The van der Waals surface area contributed by atoms with Crippen molar-refractivity contribution in [2.24, 2.45) is 15.0 Å². The molecule has 0 saturated carbocycles. The van der Waals surface area contributed by atoms with Crippen molar-refractivity contribution in [3.05, 3.63) is 375 Å². The Kier molecular flexibility index (Phi) is 25.2. The van der Waals surface area contributed by atoms with Gasteiger partial charge in [0.25, 0.3) is 17.7 Å². The molecule has 3 N–H and O–H groups in total. The first kappa shape index (κ1) is 80.2. The van der Waals surface area contributed by atoms with Crippen LogP contribution in [0.1, 0.15) is 107 Å². The lowest BCUT2D eigenvalue weighted by Crippen LogP contribution is -2.40. The van der Waals surface area contributed by atoms with Gasteiger partial charge in [-0.25, -0.2) is 41.3 Å². The number of fused-ring (bicyclic) bond motifs is 6. The van der Waals surface area contributed by atoms with E-state index in [0.29, 0.717) is 113 Å². The Morgan fingerprint density at radius 3 is 0.923 bits per heavy atom. The number of nitrogens with one attached hydrogen (secondary N) is 3. The number of carbonyl (C=O) groups excluding carboxylic acids is 6. The molecule has 1 fully saturated rings. The second kappa shape index (κ2) is 36.8. The molecule has 0 bridgehead atoms. The van der Waals surface area contributed by atoms with Gasteiger partial charge < -0.3 is 16.0 Å². The van der Waals surface area contributed by atoms with E-state index in [1.54, 1.807) is 149 Å². The van der Waals surface area contributed by atoms with Gasteiger partial charge >= 0.3 is 0 Å². The standard InChI is InChI=1S/C34H30F2N4O2.C30H22ClF2N3O2.C29H20ClF2N3O2/c35-26-13-8-23(9-14-26)21-37-34(42)25-12-17-31-29(20-25)38-33(24-10-15-27(36)16-11-24)28-6-2-3-7-30(28)40(31)32(41)22-39-18-4-1-5-19-39;31-16-15-28(37)36-26-4-2-1-3-24(26)29(20-7-12-23(33)13-8-20)35-25-17-21(9-14-27(25)36)30(38)34-18-19-5-10-22(32)11-6-19;30-16-27(36)35-25-4-2-1-3-23(25)28(19-7-12-22(32)13-8-19)34-24-15-20(9-14-26(24)35)29(37)33-17-18-5-10-21(31)11-6-18/h2-3,6-17,20H,1,4-5,18-19,21-22H2,(H,37,42);1-14,17H,15-16,18H2,(H,34,38);1-15H,16-17H2,(H,33,37). The fourth-order valence-corrected chi connectivity index (χ4v) is 14.2. The second-order valence-electron chi connectivity index (χ2n) is 27.6. The first-order valence-corrected chi connectivity index (χ1v) is 38.6. The van der Waals surface area contributed by atoms with Gasteiger partial charge in [0.05, 0.1) is 74.9 Å². The molecular formula is C93H72Cl2F6N10O6. The molecular weight excluding hydrogens is 1540 g/mol. The summed E-state index contributed by atoms with van der Waals surface area (Å²) in [5.41, 5.74) is 13.6. The Morgan fingerprint density at radius 1 is 0.325 bits per heavy atom. The summed E-state index contributed by atoms with van der Waals surface area (Å²) < 4.78 is 80.9. The summed E-state index contributed by atoms with van der Waals surface area (Å²) in [6, 6.07) is 72.6. The fraction of sp³-hybridized carbons (Fsp3) is 0.129. The molecule has 4 aliphatic heterocycles. The van der Waals surface area contributed by atoms with Gasteiger partial charge in [-0.3, -0.25) is 48.4 Å². The van der Waals surface area contributed by atoms with Crippen LogP contribution in [0.4, 0.5) is 77.5 Å². The summed E-state index contributed by atoms with van der Waals surface area (Å²) >= 11 is 11.9. The molecule has 0 spiro atoms. The Balaban J connectivity index is 0.000000145. The van der Waals surface area contributed by atoms with Gasteiger partial charge in [0, 0.05) is 82.0 Å². The number of likely N-dealkylation sites (tertiary alicyclic amines) is 1. The van der Waals surface area contributed by atoms with E-state index in [-0.39, 0.29) is 115 Å². The van der Waals surface area contributed by atoms with Gasteiger partial charge in [0.2, 0.25) is 17.7 Å². The lowest BCUT2D eigenvalue weighted by molar-refractivity contribution is -0.119. The Hall–Kier alpha value is -13.4. The third-order valence-electron chi connectivity index (χ3n) is 19.8. The molecule has 0 unspecified atom stereocenters. The number of halogens is 8. The number of aliphatic imine (C=N–C) groups is 3. The van der Waals surface area contributed by atoms with Crippen LogP contribution in [-0.4, -0.2) is 88.9 Å². The first-order valence-electron chi connectivity index (χ1n) is 37.5. The summed E-state index contributed by atoms with van der Waals surface area (Å²) in [5.74, 6) is -4.00. The number of carbonyl (C=O) groups is 6. The number of anilines is 6. The van der Waals surface area contributed by atoms with Gasteiger partial charge in [-0.05, 0) is 225 Å². The first-order chi connectivity index (χ1) is 56.8. The molecule has 117 heavy (non-hydrogen) atoms. The Labute approximate surface area is 680 Å². The van der Waals surface area contributed by atoms with Crippen molar-refractivity contribution in [3.63, 3.8) is 0 Å². The molecule has 4 aliphatic rings. The number of nitrogens with zero attached hydrogens (tertiary/aromatic N) is 7. The largest absolute Gasteiger partial charge is 0.348 e. The van der Waals surface area contributed by atoms with Crippen LogP contribution in [0.15, 0.2) is 288 Å². The topological polar surface area (TPSA) is 189 Å². The van der Waals surface area contributed by atoms with Crippen LogP contribution < -0.4 is 30.7 Å². The quantitative estimate of drug-likeness (QED) is 0.0597. The summed E-state index contributed by atoms with van der Waals surface area (Å²) in [5, 5.41) is 8.52. The highest BCUT2D eigenvalue weighted by Gasteiger charge is 2.34. The van der Waals surface area contributed by atoms with Crippen LogP contribution in [0.3, 0.4) is 0 Å². The van der Waals surface area contributed by atoms with Gasteiger partial charge in [-0.2, -0.15) is 0 Å². The molecule has 0 aromatic heterocycles. The summed E-state index contributed by atoms with van der Waals surface area (Å²) in [7, 11) is 0. The van der Waals surface area contributed by atoms with E-state index in [0.717, 1.165) is 48.2 Å². The Morgan fingerprint density at radius 2 is 0.615 bits per heavy atom. The van der Waals surface area contributed by atoms with E-state index in [4.69, 9.17) is 38.2 Å². The maximum atomic E-state index is 14.0. The van der Waals surface area contributed by atoms with Gasteiger partial charge in [-0.1, -0.05) is 97.4 Å². The third kappa shape index (κ3) is 18.9. The molecule has 586 valence electrons. The number of para-hydroxylation sites is 3. The minimum Gasteiger partial charge on any atom is -0.348 e. The average Bonchev–Trinajstić information content (AvgIpc) is 1.64. The van der Waals surface area contributed by atoms with Crippen LogP contribution in [0.25, 0.3) is 0 Å². The summed E-state index contributed by atoms with van der Waals surface area (Å²) in [4.78, 5) is 101. The monoisotopic (exact) mass is 1610 g/mol. The summed E-state index contributed by atoms with van der Waals surface area (Å²) in [6.07, 6.45) is 3.39. The van der Waals surface area contributed by atoms with Crippen LogP contribution in [0.5, 0.6) is 0 Å². The molecule has 1 saturated heterocycles. The van der Waals surface area contributed by atoms with Crippen LogP contribution in [0, 0.1) is 34.9 Å². The van der Waals surface area contributed by atoms with Crippen molar-refractivity contribution in [1.29, 1.82) is 0 Å². The van der Waals surface area contributed by atoms with Crippen molar-refractivity contribution in [2.75, 3.05) is 46.1 Å². The van der Waals surface area contributed by atoms with E-state index in [1.807, 2.05) is 60.7 Å². The zero-order chi connectivity index (χ0) is 81.6. The fourth-order valence-electron chi connectivity index (χ4n) is 13.9. The van der Waals surface area contributed by atoms with E-state index in [2.05, 4.69) is 20.9 Å². The molecule has 0 atom stereocenters. The predicted molar refractivity (Wildman–Crippen MR) is 444 cm³/mol. The minimum atomic E-state index is -0.384. The van der Waals surface area contributed by atoms with Crippen molar-refractivity contribution >= 4 is 127 Å². The number of amides is 6. The predicted octanol–water partition coefficient (Wildman–Crippen LogP) is 19.5. The van der Waals surface area contributed by atoms with Gasteiger partial charge in [-0.15, -0.1) is 23.2 Å². The normalized spacial score (nSPS) is 13.1. The van der Waals surface area contributed by atoms with Crippen molar-refractivity contribution in [2.45, 2.75) is 45.3 Å². The maximum Gasteiger partial charge on any atom is 0.251 e. The van der Waals surface area contributed by atoms with Crippen LogP contribution in [0.2, 0.25) is 0 Å². The van der Waals surface area contributed by atoms with Crippen LogP contribution >= 0.6 is 23.2 Å². The zero-order valence-corrected chi connectivity index (χ0v) is 64.1. The van der Waals surface area contributed by atoms with E-state index in [1.165, 1.54) is 84.1 Å². The van der Waals surface area contributed by atoms with E-state index < -0.39 is 0 Å². The number of hydrogen-bond acceptors (Lipinski definition) is 10. The van der Waals surface area contributed by atoms with E-state index in [9.17, 15) is 55.1 Å². The SMILES string of the molecule is O=C(NCc1ccc(F)cc1)c1ccc2c(c1)N=C(c1ccc(F)cc1)c1ccccc1N2C(=O)CCCl.O=C(NCc1ccc(F)cc1)c1ccc2c(c1)N=C(c1ccc(F)cc1)c1ccccc1N2C(=O)CCl.O=C(NCc1ccc(F)cc1)c1ccc2c(c1)N=C(c1ccc(F)cc1)c1ccccc1N2C(=O)CN1CCCCC1. The Bertz CT molecular complexity index is 5830. The van der Waals surface area contributed by atoms with Crippen molar-refractivity contribution in [3.8, 4) is 0 Å². The number of rotatable bonds is 17. The number of benzene rings is 12. The van der Waals surface area contributed by atoms with E-state index >= 15 is 0 Å². The molecule has 0 radical (unpaired) electrons. The molecule has 4 heterocycles. The second-order valence-corrected chi connectivity index (χ2v) is 28.2. The molecule has 6 amide bonds. The zero-order valence-electron chi connectivity index (χ0n) is 62.6. The molecule has 0 aliphatic carbocycles. The highest BCUT2D eigenvalue weighted by Crippen LogP contribution is 2.45. The lowest BCUT2D eigenvalue weighted by atomic mass is 10.00. The minimum absolute atomic E-state index is 0.0883. The highest BCUT2D eigenvalue weighted by molar-refractivity contribution is 6.32. The maximum absolute atomic E-state index is 14.0. The average molecular weight is 1610 g/mol. The van der Waals surface area contributed by atoms with Gasteiger partial charge in [0.15, 0.2) is 0 Å².